The van der Waals surface area contributed by atoms with Gasteiger partial charge >= 0.3 is 0 Å². The number of benzene rings is 1. The third kappa shape index (κ3) is 3.25. The van der Waals surface area contributed by atoms with E-state index < -0.39 is 5.82 Å². The maximum Gasteiger partial charge on any atom is 0.149 e. The van der Waals surface area contributed by atoms with Crippen molar-refractivity contribution in [2.75, 3.05) is 5.32 Å². The molecule has 0 radical (unpaired) electrons. The molecule has 3 nitrogen and oxygen atoms in total. The molecule has 3 aromatic rings. The highest BCUT2D eigenvalue weighted by Crippen LogP contribution is 2.22. The predicted octanol–water partition coefficient (Wildman–Crippen LogP) is 4.03. The summed E-state index contributed by atoms with van der Waals surface area (Å²) in [6.45, 7) is 0.409. The van der Waals surface area contributed by atoms with Crippen LogP contribution < -0.4 is 5.32 Å². The molecule has 110 valence electrons. The molecule has 1 aromatic carbocycles. The second kappa shape index (κ2) is 6.30. The lowest BCUT2D eigenvalue weighted by atomic mass is 10.1. The van der Waals surface area contributed by atoms with Crippen molar-refractivity contribution in [1.29, 1.82) is 0 Å². The monoisotopic (exact) mass is 297 g/mol. The van der Waals surface area contributed by atoms with Crippen LogP contribution in [0.25, 0.3) is 11.3 Å². The molecule has 0 amide bonds. The molecule has 5 heteroatoms. The van der Waals surface area contributed by atoms with Gasteiger partial charge in [-0.2, -0.15) is 0 Å². The molecule has 0 aliphatic carbocycles. The van der Waals surface area contributed by atoms with Crippen molar-refractivity contribution in [3.05, 3.63) is 78.1 Å². The summed E-state index contributed by atoms with van der Waals surface area (Å²) in [7, 11) is 0. The Kier molecular flexibility index (Phi) is 4.05. The van der Waals surface area contributed by atoms with Crippen LogP contribution in [0, 0.1) is 11.6 Å². The number of halogens is 2. The molecule has 1 N–H and O–H groups in total. The lowest BCUT2D eigenvalue weighted by Crippen LogP contribution is -2.03. The average Bonchev–Trinajstić information content (AvgIpc) is 2.55. The molecule has 0 aliphatic rings. The van der Waals surface area contributed by atoms with Gasteiger partial charge in [0.05, 0.1) is 0 Å². The Labute approximate surface area is 126 Å². The van der Waals surface area contributed by atoms with Crippen LogP contribution in [0.5, 0.6) is 0 Å². The number of hydrogen-bond acceptors (Lipinski definition) is 3. The van der Waals surface area contributed by atoms with Crippen molar-refractivity contribution in [2.45, 2.75) is 6.54 Å². The lowest BCUT2D eigenvalue weighted by molar-refractivity contribution is 0.625. The summed E-state index contributed by atoms with van der Waals surface area (Å²) in [6, 6.07) is 12.6. The van der Waals surface area contributed by atoms with Crippen LogP contribution in [0.2, 0.25) is 0 Å². The summed E-state index contributed by atoms with van der Waals surface area (Å²) in [6.07, 6.45) is 3.17. The lowest BCUT2D eigenvalue weighted by Gasteiger charge is -2.09. The molecule has 0 bridgehead atoms. The van der Waals surface area contributed by atoms with Crippen molar-refractivity contribution in [1.82, 2.24) is 9.97 Å². The molecule has 0 saturated carbocycles. The van der Waals surface area contributed by atoms with Gasteiger partial charge in [0, 0.05) is 24.5 Å². The molecule has 3 rings (SSSR count). The van der Waals surface area contributed by atoms with Gasteiger partial charge < -0.3 is 5.32 Å². The smallest absolute Gasteiger partial charge is 0.149 e. The van der Waals surface area contributed by atoms with Gasteiger partial charge in [0.1, 0.15) is 23.1 Å². The van der Waals surface area contributed by atoms with Crippen LogP contribution in [-0.2, 0) is 6.54 Å². The van der Waals surface area contributed by atoms with Gasteiger partial charge in [0.2, 0.25) is 0 Å². The van der Waals surface area contributed by atoms with Gasteiger partial charge in [-0.15, -0.1) is 0 Å². The van der Waals surface area contributed by atoms with E-state index in [-0.39, 0.29) is 11.5 Å². The number of anilines is 1. The summed E-state index contributed by atoms with van der Waals surface area (Å²) < 4.78 is 27.0. The van der Waals surface area contributed by atoms with Crippen molar-refractivity contribution in [2.24, 2.45) is 0 Å². The zero-order valence-electron chi connectivity index (χ0n) is 11.6. The number of hydrogen-bond donors (Lipinski definition) is 1. The molecule has 2 aromatic heterocycles. The fraction of sp³-hybridized carbons (Fsp3) is 0.0588. The fourth-order valence-corrected chi connectivity index (χ4v) is 2.09. The Bertz CT molecular complexity index is 776. The highest BCUT2D eigenvalue weighted by atomic mass is 19.1. The van der Waals surface area contributed by atoms with E-state index in [0.717, 1.165) is 5.56 Å². The first-order valence-corrected chi connectivity index (χ1v) is 6.77. The molecular formula is C17H13F2N3. The topological polar surface area (TPSA) is 37.8 Å². The summed E-state index contributed by atoms with van der Waals surface area (Å²) in [5.41, 5.74) is 1.70. The largest absolute Gasteiger partial charge is 0.366 e. The van der Waals surface area contributed by atoms with E-state index >= 15 is 0 Å². The van der Waals surface area contributed by atoms with Crippen LogP contribution >= 0.6 is 0 Å². The van der Waals surface area contributed by atoms with Crippen LogP contribution in [0.1, 0.15) is 5.56 Å². The fourth-order valence-electron chi connectivity index (χ4n) is 2.09. The highest BCUT2D eigenvalue weighted by Gasteiger charge is 2.08. The molecule has 0 fully saturated rings. The Hall–Kier alpha value is -2.82. The Morgan fingerprint density at radius 3 is 2.55 bits per heavy atom. The Morgan fingerprint density at radius 2 is 1.77 bits per heavy atom. The van der Waals surface area contributed by atoms with E-state index in [1.807, 2.05) is 6.07 Å². The van der Waals surface area contributed by atoms with Crippen LogP contribution in [0.4, 0.5) is 14.6 Å². The van der Waals surface area contributed by atoms with Crippen molar-refractivity contribution < 1.29 is 8.78 Å². The maximum atomic E-state index is 13.9. The van der Waals surface area contributed by atoms with E-state index in [0.29, 0.717) is 17.9 Å². The third-order valence-electron chi connectivity index (χ3n) is 3.16. The minimum atomic E-state index is -0.400. The van der Waals surface area contributed by atoms with E-state index in [1.54, 1.807) is 36.7 Å². The van der Waals surface area contributed by atoms with E-state index in [2.05, 4.69) is 15.3 Å². The number of nitrogens with zero attached hydrogens (tertiary/aromatic N) is 2. The van der Waals surface area contributed by atoms with Crippen molar-refractivity contribution >= 4 is 5.82 Å². The summed E-state index contributed by atoms with van der Waals surface area (Å²) in [4.78, 5) is 8.18. The Balaban J connectivity index is 1.81. The first kappa shape index (κ1) is 14.1. The molecule has 0 unspecified atom stereocenters. The van der Waals surface area contributed by atoms with E-state index in [9.17, 15) is 8.78 Å². The van der Waals surface area contributed by atoms with Crippen LogP contribution in [0.3, 0.4) is 0 Å². The van der Waals surface area contributed by atoms with E-state index in [4.69, 9.17) is 0 Å². The first-order valence-electron chi connectivity index (χ1n) is 6.77. The second-order valence-electron chi connectivity index (χ2n) is 4.75. The number of pyridine rings is 2. The Morgan fingerprint density at radius 1 is 0.955 bits per heavy atom. The molecule has 0 aliphatic heterocycles. The van der Waals surface area contributed by atoms with Gasteiger partial charge in [0.25, 0.3) is 0 Å². The van der Waals surface area contributed by atoms with Gasteiger partial charge in [-0.05, 0) is 42.0 Å². The number of aromatic nitrogens is 2. The zero-order chi connectivity index (χ0) is 15.4. The minimum Gasteiger partial charge on any atom is -0.366 e. The SMILES string of the molecule is Fc1cccc(CNc2ccc(F)c(-c3ccncc3)n2)c1. The van der Waals surface area contributed by atoms with Crippen LogP contribution in [0.15, 0.2) is 60.9 Å². The average molecular weight is 297 g/mol. The maximum absolute atomic E-state index is 13.9. The molecule has 0 spiro atoms. The van der Waals surface area contributed by atoms with Gasteiger partial charge in [-0.3, -0.25) is 4.98 Å². The molecule has 22 heavy (non-hydrogen) atoms. The van der Waals surface area contributed by atoms with Crippen LogP contribution in [-0.4, -0.2) is 9.97 Å². The highest BCUT2D eigenvalue weighted by molar-refractivity contribution is 5.61. The standard InChI is InChI=1S/C17H13F2N3/c18-14-3-1-2-12(10-14)11-21-16-5-4-15(19)17(22-16)13-6-8-20-9-7-13/h1-10H,11H2,(H,21,22). The predicted molar refractivity (Wildman–Crippen MR) is 81.2 cm³/mol. The van der Waals surface area contributed by atoms with Gasteiger partial charge in [0.15, 0.2) is 0 Å². The second-order valence-corrected chi connectivity index (χ2v) is 4.75. The summed E-state index contributed by atoms with van der Waals surface area (Å²) in [5, 5.41) is 3.07. The first-order chi connectivity index (χ1) is 10.7. The molecular weight excluding hydrogens is 284 g/mol. The quantitative estimate of drug-likeness (QED) is 0.790. The molecule has 0 saturated heterocycles. The molecule has 0 atom stereocenters. The summed E-state index contributed by atoms with van der Waals surface area (Å²) in [5.74, 6) is -0.163. The van der Waals surface area contributed by atoms with Crippen molar-refractivity contribution in [3.63, 3.8) is 0 Å². The molecule has 2 heterocycles. The van der Waals surface area contributed by atoms with E-state index in [1.165, 1.54) is 18.2 Å². The number of nitrogens with one attached hydrogen (secondary N) is 1. The van der Waals surface area contributed by atoms with Gasteiger partial charge in [-0.25, -0.2) is 13.8 Å². The third-order valence-corrected chi connectivity index (χ3v) is 3.16. The van der Waals surface area contributed by atoms with Crippen molar-refractivity contribution in [3.8, 4) is 11.3 Å². The zero-order valence-corrected chi connectivity index (χ0v) is 11.6. The normalized spacial score (nSPS) is 10.5. The minimum absolute atomic E-state index is 0.256. The van der Waals surface area contributed by atoms with Gasteiger partial charge in [-0.1, -0.05) is 12.1 Å². The summed E-state index contributed by atoms with van der Waals surface area (Å²) >= 11 is 0. The number of rotatable bonds is 4.